The first-order valence-electron chi connectivity index (χ1n) is 6.32. The summed E-state index contributed by atoms with van der Waals surface area (Å²) in [7, 11) is 1.67. The lowest BCUT2D eigenvalue weighted by Gasteiger charge is -2.22. The maximum absolute atomic E-state index is 8.70. The summed E-state index contributed by atoms with van der Waals surface area (Å²) in [6, 6.07) is 7.90. The highest BCUT2D eigenvalue weighted by molar-refractivity contribution is 5.85. The first-order chi connectivity index (χ1) is 9.01. The lowest BCUT2D eigenvalue weighted by Crippen LogP contribution is -2.34. The number of oxime groups is 1. The minimum absolute atomic E-state index is 0.256. The van der Waals surface area contributed by atoms with Crippen molar-refractivity contribution in [2.24, 2.45) is 16.3 Å². The minimum atomic E-state index is -0.317. The topological polar surface area (TPSA) is 79.9 Å². The SMILES string of the molecule is COc1ccccc1CNCCC(C)(C)C(N)=NO. The van der Waals surface area contributed by atoms with Crippen LogP contribution < -0.4 is 15.8 Å². The summed E-state index contributed by atoms with van der Waals surface area (Å²) in [5.41, 5.74) is 6.44. The van der Waals surface area contributed by atoms with Gasteiger partial charge < -0.3 is 21.0 Å². The molecule has 0 atom stereocenters. The number of para-hydroxylation sites is 1. The fourth-order valence-electron chi connectivity index (χ4n) is 1.74. The summed E-state index contributed by atoms with van der Waals surface area (Å²) in [5, 5.41) is 15.1. The van der Waals surface area contributed by atoms with Crippen LogP contribution in [-0.2, 0) is 6.54 Å². The van der Waals surface area contributed by atoms with Gasteiger partial charge in [0.1, 0.15) is 11.6 Å². The van der Waals surface area contributed by atoms with Crippen molar-refractivity contribution in [3.63, 3.8) is 0 Å². The molecule has 0 aliphatic heterocycles. The van der Waals surface area contributed by atoms with Gasteiger partial charge in [-0.05, 0) is 19.0 Å². The third kappa shape index (κ3) is 4.44. The Morgan fingerprint density at radius 2 is 2.11 bits per heavy atom. The number of nitrogens with zero attached hydrogens (tertiary/aromatic N) is 1. The zero-order valence-corrected chi connectivity index (χ0v) is 11.8. The molecular formula is C14H23N3O2. The Kier molecular flexibility index (Phi) is 5.63. The van der Waals surface area contributed by atoms with Crippen LogP contribution in [0.4, 0.5) is 0 Å². The van der Waals surface area contributed by atoms with Crippen molar-refractivity contribution in [1.82, 2.24) is 5.32 Å². The first-order valence-corrected chi connectivity index (χ1v) is 6.32. The van der Waals surface area contributed by atoms with E-state index in [2.05, 4.69) is 10.5 Å². The molecule has 1 aromatic carbocycles. The number of ether oxygens (including phenoxy) is 1. The van der Waals surface area contributed by atoms with E-state index in [1.54, 1.807) is 7.11 Å². The molecule has 0 unspecified atom stereocenters. The summed E-state index contributed by atoms with van der Waals surface area (Å²) in [4.78, 5) is 0. The molecule has 5 heteroatoms. The maximum atomic E-state index is 8.70. The lowest BCUT2D eigenvalue weighted by atomic mass is 9.88. The van der Waals surface area contributed by atoms with Crippen LogP contribution in [0.15, 0.2) is 29.4 Å². The average Bonchev–Trinajstić information content (AvgIpc) is 2.43. The number of nitrogens with two attached hydrogens (primary N) is 1. The van der Waals surface area contributed by atoms with E-state index >= 15 is 0 Å². The van der Waals surface area contributed by atoms with Gasteiger partial charge in [0, 0.05) is 17.5 Å². The largest absolute Gasteiger partial charge is 0.496 e. The lowest BCUT2D eigenvalue weighted by molar-refractivity contribution is 0.305. The Bertz CT molecular complexity index is 430. The second-order valence-corrected chi connectivity index (χ2v) is 5.11. The Balaban J connectivity index is 2.43. The molecule has 0 radical (unpaired) electrons. The van der Waals surface area contributed by atoms with Gasteiger partial charge in [-0.1, -0.05) is 37.2 Å². The predicted octanol–water partition coefficient (Wildman–Crippen LogP) is 1.95. The summed E-state index contributed by atoms with van der Waals surface area (Å²) in [6.45, 7) is 5.41. The van der Waals surface area contributed by atoms with Crippen molar-refractivity contribution in [2.75, 3.05) is 13.7 Å². The van der Waals surface area contributed by atoms with Crippen molar-refractivity contribution in [2.45, 2.75) is 26.8 Å². The average molecular weight is 265 g/mol. The molecule has 0 fully saturated rings. The van der Waals surface area contributed by atoms with Gasteiger partial charge in [-0.15, -0.1) is 0 Å². The van der Waals surface area contributed by atoms with Gasteiger partial charge in [-0.2, -0.15) is 0 Å². The fraction of sp³-hybridized carbons (Fsp3) is 0.500. The Hall–Kier alpha value is -1.75. The van der Waals surface area contributed by atoms with Crippen LogP contribution in [0.1, 0.15) is 25.8 Å². The number of hydrogen-bond acceptors (Lipinski definition) is 4. The standard InChI is InChI=1S/C14H23N3O2/c1-14(2,13(15)17-18)8-9-16-10-11-6-4-5-7-12(11)19-3/h4-7,16,18H,8-10H2,1-3H3,(H2,15,17). The molecule has 0 amide bonds. The number of hydrogen-bond donors (Lipinski definition) is 3. The predicted molar refractivity (Wildman–Crippen MR) is 76.5 cm³/mol. The highest BCUT2D eigenvalue weighted by Gasteiger charge is 2.22. The molecule has 0 spiro atoms. The zero-order valence-electron chi connectivity index (χ0n) is 11.8. The molecule has 0 aliphatic carbocycles. The number of benzene rings is 1. The second kappa shape index (κ2) is 6.99. The van der Waals surface area contributed by atoms with E-state index in [0.717, 1.165) is 30.8 Å². The quantitative estimate of drug-likeness (QED) is 0.231. The van der Waals surface area contributed by atoms with Crippen molar-refractivity contribution >= 4 is 5.84 Å². The molecule has 0 heterocycles. The minimum Gasteiger partial charge on any atom is -0.496 e. The number of amidine groups is 1. The van der Waals surface area contributed by atoms with E-state index in [0.29, 0.717) is 0 Å². The summed E-state index contributed by atoms with van der Waals surface area (Å²) in [6.07, 6.45) is 0.790. The smallest absolute Gasteiger partial charge is 0.144 e. The van der Waals surface area contributed by atoms with Gasteiger partial charge in [0.15, 0.2) is 0 Å². The molecule has 1 rings (SSSR count). The Labute approximate surface area is 114 Å². The van der Waals surface area contributed by atoms with E-state index in [4.69, 9.17) is 15.7 Å². The van der Waals surface area contributed by atoms with E-state index in [1.165, 1.54) is 0 Å². The normalized spacial score (nSPS) is 12.5. The number of rotatable bonds is 7. The van der Waals surface area contributed by atoms with Gasteiger partial charge in [0.2, 0.25) is 0 Å². The molecule has 0 saturated carbocycles. The van der Waals surface area contributed by atoms with Gasteiger partial charge in [0.05, 0.1) is 7.11 Å². The van der Waals surface area contributed by atoms with Crippen molar-refractivity contribution < 1.29 is 9.94 Å². The molecule has 1 aromatic rings. The van der Waals surface area contributed by atoms with Crippen LogP contribution in [0.5, 0.6) is 5.75 Å². The molecule has 106 valence electrons. The van der Waals surface area contributed by atoms with Gasteiger partial charge >= 0.3 is 0 Å². The molecule has 0 bridgehead atoms. The van der Waals surface area contributed by atoms with Crippen molar-refractivity contribution in [1.29, 1.82) is 0 Å². The van der Waals surface area contributed by atoms with Gasteiger partial charge in [0.25, 0.3) is 0 Å². The van der Waals surface area contributed by atoms with Crippen LogP contribution in [0.2, 0.25) is 0 Å². The van der Waals surface area contributed by atoms with Crippen molar-refractivity contribution in [3.05, 3.63) is 29.8 Å². The fourth-order valence-corrected chi connectivity index (χ4v) is 1.74. The summed E-state index contributed by atoms with van der Waals surface area (Å²) < 4.78 is 5.29. The molecule has 4 N–H and O–H groups in total. The Morgan fingerprint density at radius 3 is 2.74 bits per heavy atom. The second-order valence-electron chi connectivity index (χ2n) is 5.11. The van der Waals surface area contributed by atoms with Gasteiger partial charge in [-0.3, -0.25) is 0 Å². The van der Waals surface area contributed by atoms with E-state index in [9.17, 15) is 0 Å². The zero-order chi connectivity index (χ0) is 14.3. The third-order valence-corrected chi connectivity index (χ3v) is 3.24. The van der Waals surface area contributed by atoms with Crippen LogP contribution >= 0.6 is 0 Å². The number of nitrogens with one attached hydrogen (secondary N) is 1. The Morgan fingerprint density at radius 1 is 1.42 bits per heavy atom. The highest BCUT2D eigenvalue weighted by atomic mass is 16.5. The highest BCUT2D eigenvalue weighted by Crippen LogP contribution is 2.20. The maximum Gasteiger partial charge on any atom is 0.144 e. The number of methoxy groups -OCH3 is 1. The van der Waals surface area contributed by atoms with Crippen LogP contribution in [-0.4, -0.2) is 24.7 Å². The molecule has 5 nitrogen and oxygen atoms in total. The monoisotopic (exact) mass is 265 g/mol. The summed E-state index contributed by atoms with van der Waals surface area (Å²) in [5.74, 6) is 1.14. The van der Waals surface area contributed by atoms with Crippen molar-refractivity contribution in [3.8, 4) is 5.75 Å². The van der Waals surface area contributed by atoms with E-state index < -0.39 is 0 Å². The van der Waals surface area contributed by atoms with Crippen LogP contribution in [0.25, 0.3) is 0 Å². The molecule has 0 saturated heterocycles. The first kappa shape index (κ1) is 15.3. The van der Waals surface area contributed by atoms with E-state index in [1.807, 2.05) is 38.1 Å². The van der Waals surface area contributed by atoms with Crippen LogP contribution in [0, 0.1) is 5.41 Å². The summed E-state index contributed by atoms with van der Waals surface area (Å²) >= 11 is 0. The van der Waals surface area contributed by atoms with E-state index in [-0.39, 0.29) is 11.3 Å². The molecule has 0 aliphatic rings. The molecule has 19 heavy (non-hydrogen) atoms. The van der Waals surface area contributed by atoms with Gasteiger partial charge in [-0.25, -0.2) is 0 Å². The van der Waals surface area contributed by atoms with Crippen LogP contribution in [0.3, 0.4) is 0 Å². The molecular weight excluding hydrogens is 242 g/mol. The molecule has 0 aromatic heterocycles. The third-order valence-electron chi connectivity index (χ3n) is 3.24.